The van der Waals surface area contributed by atoms with Gasteiger partial charge in [0.1, 0.15) is 0 Å². The molecule has 100 valence electrons. The molecule has 2 aromatic carbocycles. The molecule has 1 nitrogen and oxygen atoms in total. The van der Waals surface area contributed by atoms with Gasteiger partial charge in [0.05, 0.1) is 6.04 Å². The summed E-state index contributed by atoms with van der Waals surface area (Å²) >= 11 is 6.18. The summed E-state index contributed by atoms with van der Waals surface area (Å²) in [6.45, 7) is 7.23. The lowest BCUT2D eigenvalue weighted by molar-refractivity contribution is 0.630. The van der Waals surface area contributed by atoms with Crippen molar-refractivity contribution in [2.24, 2.45) is 0 Å². The number of nitrogens with one attached hydrogen (secondary N) is 1. The van der Waals surface area contributed by atoms with Gasteiger partial charge in [-0.15, -0.1) is 0 Å². The molecule has 0 aliphatic rings. The standard InChI is InChI=1S/C17H20ClN/c1-4-19-17(14-7-5-12(2)6-8-14)15-9-13(3)10-16(18)11-15/h5-11,17,19H,4H2,1-3H3. The molecule has 0 aliphatic heterocycles. The quantitative estimate of drug-likeness (QED) is 0.855. The monoisotopic (exact) mass is 273 g/mol. The molecule has 0 spiro atoms. The van der Waals surface area contributed by atoms with Gasteiger partial charge in [-0.1, -0.05) is 54.4 Å². The van der Waals surface area contributed by atoms with E-state index in [1.165, 1.54) is 22.3 Å². The van der Waals surface area contributed by atoms with Crippen LogP contribution in [0.5, 0.6) is 0 Å². The molecule has 1 unspecified atom stereocenters. The maximum absolute atomic E-state index is 6.18. The van der Waals surface area contributed by atoms with Crippen molar-refractivity contribution in [1.29, 1.82) is 0 Å². The van der Waals surface area contributed by atoms with E-state index in [1.807, 2.05) is 12.1 Å². The van der Waals surface area contributed by atoms with Crippen LogP contribution < -0.4 is 5.32 Å². The highest BCUT2D eigenvalue weighted by Crippen LogP contribution is 2.26. The molecule has 0 aromatic heterocycles. The summed E-state index contributed by atoms with van der Waals surface area (Å²) in [5.74, 6) is 0. The Morgan fingerprint density at radius 2 is 1.63 bits per heavy atom. The normalized spacial score (nSPS) is 12.4. The number of aryl methyl sites for hydroxylation is 2. The Labute approximate surface area is 120 Å². The number of hydrogen-bond acceptors (Lipinski definition) is 1. The number of halogens is 1. The topological polar surface area (TPSA) is 12.0 Å². The molecule has 2 rings (SSSR count). The Morgan fingerprint density at radius 3 is 2.21 bits per heavy atom. The van der Waals surface area contributed by atoms with Crippen LogP contribution in [0.2, 0.25) is 5.02 Å². The van der Waals surface area contributed by atoms with Crippen LogP contribution in [0.1, 0.15) is 35.2 Å². The Bertz CT molecular complexity index is 525. The minimum absolute atomic E-state index is 0.197. The molecule has 19 heavy (non-hydrogen) atoms. The minimum atomic E-state index is 0.197. The fraction of sp³-hybridized carbons (Fsp3) is 0.294. The second kappa shape index (κ2) is 6.23. The van der Waals surface area contributed by atoms with Crippen molar-refractivity contribution in [3.05, 3.63) is 69.7 Å². The molecular weight excluding hydrogens is 254 g/mol. The Kier molecular flexibility index (Phi) is 4.62. The maximum Gasteiger partial charge on any atom is 0.0577 e. The predicted octanol–water partition coefficient (Wildman–Crippen LogP) is 4.66. The van der Waals surface area contributed by atoms with E-state index < -0.39 is 0 Å². The van der Waals surface area contributed by atoms with Crippen LogP contribution in [0.3, 0.4) is 0 Å². The van der Waals surface area contributed by atoms with E-state index in [2.05, 4.69) is 56.4 Å². The van der Waals surface area contributed by atoms with Gasteiger partial charge in [0, 0.05) is 5.02 Å². The molecule has 0 saturated heterocycles. The van der Waals surface area contributed by atoms with Crippen LogP contribution in [0.25, 0.3) is 0 Å². The van der Waals surface area contributed by atoms with Gasteiger partial charge in [-0.25, -0.2) is 0 Å². The van der Waals surface area contributed by atoms with Gasteiger partial charge >= 0.3 is 0 Å². The second-order valence-corrected chi connectivity index (χ2v) is 5.40. The third kappa shape index (κ3) is 3.59. The number of benzene rings is 2. The maximum atomic E-state index is 6.18. The average Bonchev–Trinajstić information content (AvgIpc) is 2.36. The summed E-state index contributed by atoms with van der Waals surface area (Å²) in [5, 5.41) is 4.33. The third-order valence-corrected chi connectivity index (χ3v) is 3.43. The lowest BCUT2D eigenvalue weighted by atomic mass is 9.96. The molecule has 0 heterocycles. The summed E-state index contributed by atoms with van der Waals surface area (Å²) in [5.41, 5.74) is 4.96. The molecule has 0 amide bonds. The smallest absolute Gasteiger partial charge is 0.0577 e. The van der Waals surface area contributed by atoms with E-state index in [1.54, 1.807) is 0 Å². The summed E-state index contributed by atoms with van der Waals surface area (Å²) in [7, 11) is 0. The molecule has 0 aliphatic carbocycles. The molecular formula is C17H20ClN. The fourth-order valence-corrected chi connectivity index (χ4v) is 2.62. The van der Waals surface area contributed by atoms with Crippen molar-refractivity contribution < 1.29 is 0 Å². The molecule has 0 fully saturated rings. The van der Waals surface area contributed by atoms with Gasteiger partial charge in [-0.2, -0.15) is 0 Å². The van der Waals surface area contributed by atoms with E-state index in [0.717, 1.165) is 11.6 Å². The van der Waals surface area contributed by atoms with E-state index in [4.69, 9.17) is 11.6 Å². The first-order valence-corrected chi connectivity index (χ1v) is 7.05. The minimum Gasteiger partial charge on any atom is -0.307 e. The SMILES string of the molecule is CCNC(c1ccc(C)cc1)c1cc(C)cc(Cl)c1. The van der Waals surface area contributed by atoms with E-state index >= 15 is 0 Å². The van der Waals surface area contributed by atoms with Crippen LogP contribution in [0.15, 0.2) is 42.5 Å². The first-order valence-electron chi connectivity index (χ1n) is 6.67. The van der Waals surface area contributed by atoms with Crippen LogP contribution in [-0.2, 0) is 0 Å². The average molecular weight is 274 g/mol. The summed E-state index contributed by atoms with van der Waals surface area (Å²) in [4.78, 5) is 0. The Hall–Kier alpha value is -1.31. The van der Waals surface area contributed by atoms with Gasteiger partial charge in [0.25, 0.3) is 0 Å². The zero-order valence-electron chi connectivity index (χ0n) is 11.7. The summed E-state index contributed by atoms with van der Waals surface area (Å²) < 4.78 is 0. The molecule has 2 heteroatoms. The Morgan fingerprint density at radius 1 is 0.947 bits per heavy atom. The van der Waals surface area contributed by atoms with Crippen molar-refractivity contribution in [3.63, 3.8) is 0 Å². The zero-order valence-corrected chi connectivity index (χ0v) is 12.5. The van der Waals surface area contributed by atoms with Crippen molar-refractivity contribution >= 4 is 11.6 Å². The first kappa shape index (κ1) is 14.1. The highest BCUT2D eigenvalue weighted by atomic mass is 35.5. The third-order valence-electron chi connectivity index (χ3n) is 3.22. The fourth-order valence-electron chi connectivity index (χ4n) is 2.32. The van der Waals surface area contributed by atoms with Gasteiger partial charge in [0.2, 0.25) is 0 Å². The van der Waals surface area contributed by atoms with Crippen molar-refractivity contribution in [1.82, 2.24) is 5.32 Å². The van der Waals surface area contributed by atoms with Gasteiger partial charge < -0.3 is 5.32 Å². The lowest BCUT2D eigenvalue weighted by Gasteiger charge is -2.20. The van der Waals surface area contributed by atoms with Crippen LogP contribution in [0.4, 0.5) is 0 Å². The van der Waals surface area contributed by atoms with Crippen LogP contribution in [-0.4, -0.2) is 6.54 Å². The van der Waals surface area contributed by atoms with E-state index in [-0.39, 0.29) is 6.04 Å². The van der Waals surface area contributed by atoms with E-state index in [9.17, 15) is 0 Å². The Balaban J connectivity index is 2.41. The van der Waals surface area contributed by atoms with E-state index in [0.29, 0.717) is 0 Å². The number of rotatable bonds is 4. The molecule has 0 saturated carbocycles. The molecule has 1 atom stereocenters. The highest BCUT2D eigenvalue weighted by molar-refractivity contribution is 6.30. The predicted molar refractivity (Wildman–Crippen MR) is 82.9 cm³/mol. The summed E-state index contributed by atoms with van der Waals surface area (Å²) in [6.07, 6.45) is 0. The van der Waals surface area contributed by atoms with Crippen molar-refractivity contribution in [2.75, 3.05) is 6.54 Å². The van der Waals surface area contributed by atoms with Gasteiger partial charge in [0.15, 0.2) is 0 Å². The van der Waals surface area contributed by atoms with Crippen LogP contribution in [0, 0.1) is 13.8 Å². The van der Waals surface area contributed by atoms with Crippen molar-refractivity contribution in [2.45, 2.75) is 26.8 Å². The lowest BCUT2D eigenvalue weighted by Crippen LogP contribution is -2.22. The van der Waals surface area contributed by atoms with Crippen LogP contribution >= 0.6 is 11.6 Å². The second-order valence-electron chi connectivity index (χ2n) is 4.96. The zero-order chi connectivity index (χ0) is 13.8. The molecule has 0 bridgehead atoms. The largest absolute Gasteiger partial charge is 0.307 e. The first-order chi connectivity index (χ1) is 9.10. The van der Waals surface area contributed by atoms with Gasteiger partial charge in [-0.05, 0) is 49.2 Å². The highest BCUT2D eigenvalue weighted by Gasteiger charge is 2.13. The molecule has 2 aromatic rings. The molecule has 0 radical (unpaired) electrons. The summed E-state index contributed by atoms with van der Waals surface area (Å²) in [6, 6.07) is 15.1. The number of hydrogen-bond donors (Lipinski definition) is 1. The van der Waals surface area contributed by atoms with Gasteiger partial charge in [-0.3, -0.25) is 0 Å². The molecule has 1 N–H and O–H groups in total. The van der Waals surface area contributed by atoms with Crippen molar-refractivity contribution in [3.8, 4) is 0 Å².